The Labute approximate surface area is 188 Å². The lowest BCUT2D eigenvalue weighted by atomic mass is 10.1. The number of rotatable bonds is 7. The van der Waals surface area contributed by atoms with E-state index in [9.17, 15) is 9.59 Å². The highest BCUT2D eigenvalue weighted by Gasteiger charge is 2.26. The Morgan fingerprint density at radius 3 is 2.38 bits per heavy atom. The van der Waals surface area contributed by atoms with Crippen LogP contribution in [0.15, 0.2) is 66.7 Å². The Kier molecular flexibility index (Phi) is 6.50. The van der Waals surface area contributed by atoms with Gasteiger partial charge in [-0.3, -0.25) is 9.59 Å². The molecule has 1 aliphatic rings. The first-order valence-electron chi connectivity index (χ1n) is 10.8. The minimum absolute atomic E-state index is 0.0342. The predicted molar refractivity (Wildman–Crippen MR) is 125 cm³/mol. The number of aryl methyl sites for hydroxylation is 1. The van der Waals surface area contributed by atoms with Crippen LogP contribution in [-0.2, 0) is 22.6 Å². The summed E-state index contributed by atoms with van der Waals surface area (Å²) in [6.45, 7) is 5.56. The van der Waals surface area contributed by atoms with Crippen LogP contribution in [0.1, 0.15) is 23.7 Å². The molecule has 0 radical (unpaired) electrons. The standard InChI is InChI=1S/C26H27N3O3/c1-19(30)16-21-8-10-23(11-9-21)28-14-15-29(26(31)17-28)24-12-13-25(27-20(24)2)32-18-22-6-4-3-5-7-22/h3-13H,14-18H2,1-2H3. The predicted octanol–water partition coefficient (Wildman–Crippen LogP) is 3.95. The maximum absolute atomic E-state index is 12.9. The van der Waals surface area contributed by atoms with Crippen LogP contribution in [-0.4, -0.2) is 36.3 Å². The molecular weight excluding hydrogens is 402 g/mol. The summed E-state index contributed by atoms with van der Waals surface area (Å²) in [5.41, 5.74) is 4.65. The fraction of sp³-hybridized carbons (Fsp3) is 0.269. The molecule has 0 bridgehead atoms. The molecule has 2 aromatic carbocycles. The summed E-state index contributed by atoms with van der Waals surface area (Å²) in [5.74, 6) is 0.723. The van der Waals surface area contributed by atoms with Gasteiger partial charge in [0, 0.05) is 31.3 Å². The van der Waals surface area contributed by atoms with Crippen molar-refractivity contribution in [3.63, 3.8) is 0 Å². The average molecular weight is 430 g/mol. The van der Waals surface area contributed by atoms with Crippen LogP contribution in [0.3, 0.4) is 0 Å². The Hall–Kier alpha value is -3.67. The number of hydrogen-bond acceptors (Lipinski definition) is 5. The molecule has 1 aromatic heterocycles. The lowest BCUT2D eigenvalue weighted by molar-refractivity contribution is -0.118. The molecule has 1 fully saturated rings. The van der Waals surface area contributed by atoms with Gasteiger partial charge in [-0.2, -0.15) is 0 Å². The molecule has 1 amide bonds. The second-order valence-electron chi connectivity index (χ2n) is 8.04. The van der Waals surface area contributed by atoms with E-state index >= 15 is 0 Å². The molecule has 4 rings (SSSR count). The zero-order valence-electron chi connectivity index (χ0n) is 18.5. The van der Waals surface area contributed by atoms with Crippen LogP contribution in [0.4, 0.5) is 11.4 Å². The maximum Gasteiger partial charge on any atom is 0.246 e. The summed E-state index contributed by atoms with van der Waals surface area (Å²) in [7, 11) is 0. The first-order chi connectivity index (χ1) is 15.5. The summed E-state index contributed by atoms with van der Waals surface area (Å²) in [5, 5.41) is 0. The van der Waals surface area contributed by atoms with Crippen molar-refractivity contribution < 1.29 is 14.3 Å². The summed E-state index contributed by atoms with van der Waals surface area (Å²) >= 11 is 0. The van der Waals surface area contributed by atoms with E-state index in [-0.39, 0.29) is 11.7 Å². The lowest BCUT2D eigenvalue weighted by Crippen LogP contribution is -2.51. The summed E-state index contributed by atoms with van der Waals surface area (Å²) < 4.78 is 5.81. The first kappa shape index (κ1) is 21.6. The van der Waals surface area contributed by atoms with Crippen LogP contribution >= 0.6 is 0 Å². The minimum atomic E-state index is 0.0342. The van der Waals surface area contributed by atoms with Gasteiger partial charge in [0.1, 0.15) is 12.4 Å². The van der Waals surface area contributed by atoms with Crippen molar-refractivity contribution in [3.8, 4) is 5.88 Å². The van der Waals surface area contributed by atoms with Gasteiger partial charge in [0.2, 0.25) is 11.8 Å². The summed E-state index contributed by atoms with van der Waals surface area (Å²) in [6, 6.07) is 21.5. The molecule has 0 spiro atoms. The van der Waals surface area contributed by atoms with Crippen LogP contribution in [0.25, 0.3) is 0 Å². The molecule has 164 valence electrons. The average Bonchev–Trinajstić information content (AvgIpc) is 2.79. The van der Waals surface area contributed by atoms with Crippen LogP contribution in [0.5, 0.6) is 5.88 Å². The number of anilines is 2. The number of carbonyl (C=O) groups is 2. The van der Waals surface area contributed by atoms with Crippen LogP contribution in [0.2, 0.25) is 0 Å². The molecule has 6 nitrogen and oxygen atoms in total. The minimum Gasteiger partial charge on any atom is -0.473 e. The van der Waals surface area contributed by atoms with Crippen molar-refractivity contribution in [2.24, 2.45) is 0 Å². The molecule has 1 aliphatic heterocycles. The summed E-state index contributed by atoms with van der Waals surface area (Å²) in [4.78, 5) is 32.6. The number of pyridine rings is 1. The Bertz CT molecular complexity index is 1100. The van der Waals surface area contributed by atoms with Gasteiger partial charge in [0.15, 0.2) is 0 Å². The molecule has 0 atom stereocenters. The largest absolute Gasteiger partial charge is 0.473 e. The fourth-order valence-electron chi connectivity index (χ4n) is 3.89. The summed E-state index contributed by atoms with van der Waals surface area (Å²) in [6.07, 6.45) is 0.435. The Morgan fingerprint density at radius 1 is 0.969 bits per heavy atom. The van der Waals surface area contributed by atoms with E-state index in [2.05, 4.69) is 9.88 Å². The van der Waals surface area contributed by atoms with Crippen molar-refractivity contribution in [2.75, 3.05) is 29.4 Å². The number of carbonyl (C=O) groups excluding carboxylic acids is 2. The molecular formula is C26H27N3O3. The highest BCUT2D eigenvalue weighted by molar-refractivity contribution is 5.98. The third-order valence-corrected chi connectivity index (χ3v) is 5.53. The zero-order valence-corrected chi connectivity index (χ0v) is 18.5. The van der Waals surface area contributed by atoms with Crippen LogP contribution < -0.4 is 14.5 Å². The molecule has 2 heterocycles. The normalized spacial score (nSPS) is 13.9. The van der Waals surface area contributed by atoms with Crippen molar-refractivity contribution in [3.05, 3.63) is 83.6 Å². The third-order valence-electron chi connectivity index (χ3n) is 5.53. The van der Waals surface area contributed by atoms with Gasteiger partial charge in [-0.25, -0.2) is 4.98 Å². The second-order valence-corrected chi connectivity index (χ2v) is 8.04. The van der Waals surface area contributed by atoms with E-state index < -0.39 is 0 Å². The van der Waals surface area contributed by atoms with E-state index in [1.807, 2.05) is 73.7 Å². The van der Waals surface area contributed by atoms with Crippen molar-refractivity contribution in [1.29, 1.82) is 0 Å². The van der Waals surface area contributed by atoms with E-state index in [1.54, 1.807) is 11.8 Å². The third kappa shape index (κ3) is 5.14. The number of ketones is 1. The lowest BCUT2D eigenvalue weighted by Gasteiger charge is -2.36. The molecule has 3 aromatic rings. The van der Waals surface area contributed by atoms with Gasteiger partial charge in [0.25, 0.3) is 0 Å². The molecule has 0 aliphatic carbocycles. The zero-order chi connectivity index (χ0) is 22.5. The van der Waals surface area contributed by atoms with Gasteiger partial charge in [-0.15, -0.1) is 0 Å². The monoisotopic (exact) mass is 429 g/mol. The van der Waals surface area contributed by atoms with Gasteiger partial charge in [0.05, 0.1) is 17.9 Å². The number of hydrogen-bond donors (Lipinski definition) is 0. The SMILES string of the molecule is CC(=O)Cc1ccc(N2CCN(c3ccc(OCc4ccccc4)nc3C)C(=O)C2)cc1. The number of aromatic nitrogens is 1. The molecule has 0 saturated carbocycles. The molecule has 0 unspecified atom stereocenters. The highest BCUT2D eigenvalue weighted by Crippen LogP contribution is 2.26. The van der Waals surface area contributed by atoms with E-state index in [0.717, 1.165) is 34.7 Å². The maximum atomic E-state index is 12.9. The number of amides is 1. The topological polar surface area (TPSA) is 62.7 Å². The Morgan fingerprint density at radius 2 is 1.72 bits per heavy atom. The molecule has 32 heavy (non-hydrogen) atoms. The number of benzene rings is 2. The first-order valence-corrected chi connectivity index (χ1v) is 10.8. The van der Waals surface area contributed by atoms with Gasteiger partial charge >= 0.3 is 0 Å². The van der Waals surface area contributed by atoms with Crippen LogP contribution in [0, 0.1) is 6.92 Å². The number of nitrogens with zero attached hydrogens (tertiary/aromatic N) is 3. The molecule has 6 heteroatoms. The second kappa shape index (κ2) is 9.64. The number of ether oxygens (including phenoxy) is 1. The van der Waals surface area contributed by atoms with Gasteiger partial charge < -0.3 is 14.5 Å². The van der Waals surface area contributed by atoms with E-state index in [0.29, 0.717) is 32.0 Å². The number of piperazine rings is 1. The van der Waals surface area contributed by atoms with E-state index in [4.69, 9.17) is 4.74 Å². The van der Waals surface area contributed by atoms with Gasteiger partial charge in [-0.1, -0.05) is 42.5 Å². The van der Waals surface area contributed by atoms with Crippen molar-refractivity contribution in [1.82, 2.24) is 4.98 Å². The fourth-order valence-corrected chi connectivity index (χ4v) is 3.89. The Balaban J connectivity index is 1.38. The van der Waals surface area contributed by atoms with Gasteiger partial charge in [-0.05, 0) is 43.2 Å². The highest BCUT2D eigenvalue weighted by atomic mass is 16.5. The number of Topliss-reactive ketones (excluding diaryl/α,β-unsaturated/α-hetero) is 1. The quantitative estimate of drug-likeness (QED) is 0.569. The van der Waals surface area contributed by atoms with Crippen molar-refractivity contribution >= 4 is 23.1 Å². The smallest absolute Gasteiger partial charge is 0.246 e. The molecule has 0 N–H and O–H groups in total. The molecule has 1 saturated heterocycles. The van der Waals surface area contributed by atoms with Crippen molar-refractivity contribution in [2.45, 2.75) is 26.9 Å². The van der Waals surface area contributed by atoms with E-state index in [1.165, 1.54) is 0 Å².